The van der Waals surface area contributed by atoms with Crippen LogP contribution in [-0.2, 0) is 14.4 Å². The third-order valence-corrected chi connectivity index (χ3v) is 6.92. The number of rotatable bonds is 8. The maximum Gasteiger partial charge on any atom is 0.305 e. The summed E-state index contributed by atoms with van der Waals surface area (Å²) in [7, 11) is 3.47. The number of amides is 2. The summed E-state index contributed by atoms with van der Waals surface area (Å²) in [5, 5.41) is 20.7. The molecule has 0 bridgehead atoms. The Labute approximate surface area is 199 Å². The predicted molar refractivity (Wildman–Crippen MR) is 125 cm³/mol. The number of nitrogens with one attached hydrogen (secondary N) is 4. The van der Waals surface area contributed by atoms with Crippen molar-refractivity contribution in [3.8, 4) is 0 Å². The van der Waals surface area contributed by atoms with Gasteiger partial charge in [0.25, 0.3) is 0 Å². The summed E-state index contributed by atoms with van der Waals surface area (Å²) in [6.07, 6.45) is 4.94. The molecule has 5 N–H and O–H groups in total. The van der Waals surface area contributed by atoms with Gasteiger partial charge in [0.1, 0.15) is 0 Å². The summed E-state index contributed by atoms with van der Waals surface area (Å²) < 4.78 is 0. The number of carbonyl (C=O) groups excluding carboxylic acids is 2. The molecule has 5 unspecified atom stereocenters. The molecule has 0 heterocycles. The molecule has 182 valence electrons. The van der Waals surface area contributed by atoms with Crippen molar-refractivity contribution in [2.75, 3.05) is 20.6 Å². The van der Waals surface area contributed by atoms with Crippen LogP contribution in [0.15, 0.2) is 4.99 Å². The Balaban J connectivity index is 1.85. The standard InChI is InChI=1S/C21H35Cl2N5O4/c1-24-21(25-2)27-16-5-3-4-12(8-16)20(32)26-11-18(29)28-17(10-19(30)31)13-6-14(22)9-15(23)7-13/h12-17H,3-11H2,1-2H3,(H,26,32)(H,28,29)(H,30,31)(H2,24,25,27). The SMILES string of the molecule is CN=C(NC)NC1CCCC(C(=O)NCC(=O)NC(CC(=O)O)C2CC(Cl)CC(Cl)C2)C1. The molecule has 2 amide bonds. The fraction of sp³-hybridized carbons (Fsp3) is 0.810. The summed E-state index contributed by atoms with van der Waals surface area (Å²) in [5.74, 6) is -1.20. The van der Waals surface area contributed by atoms with Crippen LogP contribution in [0.3, 0.4) is 0 Å². The number of carbonyl (C=O) groups is 3. The van der Waals surface area contributed by atoms with Gasteiger partial charge in [0.05, 0.1) is 13.0 Å². The second-order valence-corrected chi connectivity index (χ2v) is 9.91. The van der Waals surface area contributed by atoms with Crippen molar-refractivity contribution in [3.63, 3.8) is 0 Å². The first kappa shape index (κ1) is 26.5. The lowest BCUT2D eigenvalue weighted by Crippen LogP contribution is -2.49. The number of alkyl halides is 2. The van der Waals surface area contributed by atoms with Gasteiger partial charge in [-0.25, -0.2) is 0 Å². The smallest absolute Gasteiger partial charge is 0.305 e. The van der Waals surface area contributed by atoms with E-state index in [0.29, 0.717) is 31.6 Å². The molecular formula is C21H35Cl2N5O4. The van der Waals surface area contributed by atoms with Crippen LogP contribution >= 0.6 is 23.2 Å². The highest BCUT2D eigenvalue weighted by Gasteiger charge is 2.34. The van der Waals surface area contributed by atoms with Crippen molar-refractivity contribution in [2.24, 2.45) is 16.8 Å². The number of guanidine groups is 1. The van der Waals surface area contributed by atoms with Crippen molar-refractivity contribution in [2.45, 2.75) is 74.2 Å². The van der Waals surface area contributed by atoms with E-state index in [2.05, 4.69) is 26.3 Å². The van der Waals surface area contributed by atoms with Crippen molar-refractivity contribution in [1.82, 2.24) is 21.3 Å². The first-order valence-corrected chi connectivity index (χ1v) is 12.1. The Morgan fingerprint density at radius 1 is 1.09 bits per heavy atom. The minimum atomic E-state index is -1.00. The normalized spacial score (nSPS) is 29.5. The van der Waals surface area contributed by atoms with Crippen LogP contribution in [0.25, 0.3) is 0 Å². The molecule has 32 heavy (non-hydrogen) atoms. The minimum absolute atomic E-state index is 0.115. The van der Waals surface area contributed by atoms with Crippen LogP contribution in [0.2, 0.25) is 0 Å². The van der Waals surface area contributed by atoms with Gasteiger partial charge in [0.2, 0.25) is 11.8 Å². The van der Waals surface area contributed by atoms with Crippen LogP contribution < -0.4 is 21.3 Å². The van der Waals surface area contributed by atoms with Gasteiger partial charge in [-0.1, -0.05) is 6.42 Å². The Bertz CT molecular complexity index is 683. The molecule has 2 saturated carbocycles. The van der Waals surface area contributed by atoms with Crippen LogP contribution in [0.1, 0.15) is 51.4 Å². The zero-order valence-corrected chi connectivity index (χ0v) is 20.2. The van der Waals surface area contributed by atoms with Gasteiger partial charge in [-0.2, -0.15) is 0 Å². The first-order valence-electron chi connectivity index (χ1n) is 11.2. The Morgan fingerprint density at radius 2 is 1.78 bits per heavy atom. The van der Waals surface area contributed by atoms with E-state index < -0.39 is 17.9 Å². The maximum absolute atomic E-state index is 12.6. The molecule has 0 saturated heterocycles. The number of carboxylic acids is 1. The maximum atomic E-state index is 12.6. The Morgan fingerprint density at radius 3 is 2.38 bits per heavy atom. The molecule has 2 rings (SSSR count). The van der Waals surface area contributed by atoms with Gasteiger partial charge in [-0.15, -0.1) is 23.2 Å². The topological polar surface area (TPSA) is 132 Å². The van der Waals surface area contributed by atoms with Crippen LogP contribution in [-0.4, -0.2) is 72.3 Å². The van der Waals surface area contributed by atoms with E-state index in [0.717, 1.165) is 19.3 Å². The fourth-order valence-corrected chi connectivity index (χ4v) is 5.62. The van der Waals surface area contributed by atoms with Gasteiger partial charge >= 0.3 is 5.97 Å². The number of halogens is 2. The number of aliphatic carboxylic acids is 1. The molecule has 0 spiro atoms. The molecule has 0 radical (unpaired) electrons. The molecule has 0 aromatic heterocycles. The van der Waals surface area contributed by atoms with Crippen LogP contribution in [0.5, 0.6) is 0 Å². The van der Waals surface area contributed by atoms with Crippen molar-refractivity contribution < 1.29 is 19.5 Å². The predicted octanol–water partition coefficient (Wildman–Crippen LogP) is 1.43. The lowest BCUT2D eigenvalue weighted by Gasteiger charge is -2.34. The quantitative estimate of drug-likeness (QED) is 0.198. The van der Waals surface area contributed by atoms with Crippen molar-refractivity contribution >= 4 is 46.9 Å². The third-order valence-electron chi connectivity index (χ3n) is 6.21. The highest BCUT2D eigenvalue weighted by molar-refractivity contribution is 6.23. The lowest BCUT2D eigenvalue weighted by atomic mass is 9.82. The van der Waals surface area contributed by atoms with Gasteiger partial charge in [-0.05, 0) is 44.4 Å². The van der Waals surface area contributed by atoms with Gasteiger partial charge in [0, 0.05) is 42.9 Å². The lowest BCUT2D eigenvalue weighted by molar-refractivity contribution is -0.138. The van der Waals surface area contributed by atoms with E-state index in [1.807, 2.05) is 0 Å². The van der Waals surface area contributed by atoms with Gasteiger partial charge in [0.15, 0.2) is 5.96 Å². The number of hydrogen-bond donors (Lipinski definition) is 5. The van der Waals surface area contributed by atoms with E-state index in [1.165, 1.54) is 0 Å². The average Bonchev–Trinajstić information content (AvgIpc) is 2.74. The monoisotopic (exact) mass is 491 g/mol. The van der Waals surface area contributed by atoms with E-state index in [9.17, 15) is 19.5 Å². The van der Waals surface area contributed by atoms with E-state index in [-0.39, 0.29) is 47.5 Å². The number of hydrogen-bond acceptors (Lipinski definition) is 4. The molecule has 2 fully saturated rings. The highest BCUT2D eigenvalue weighted by atomic mass is 35.5. The average molecular weight is 492 g/mol. The zero-order chi connectivity index (χ0) is 23.7. The van der Waals surface area contributed by atoms with E-state index in [4.69, 9.17) is 23.2 Å². The molecular weight excluding hydrogens is 457 g/mol. The minimum Gasteiger partial charge on any atom is -0.481 e. The number of nitrogens with zero attached hydrogens (tertiary/aromatic N) is 1. The van der Waals surface area contributed by atoms with Gasteiger partial charge in [-0.3, -0.25) is 19.4 Å². The van der Waals surface area contributed by atoms with E-state index >= 15 is 0 Å². The van der Waals surface area contributed by atoms with Crippen molar-refractivity contribution in [3.05, 3.63) is 0 Å². The number of aliphatic imine (C=N–C) groups is 1. The molecule has 0 aromatic carbocycles. The highest BCUT2D eigenvalue weighted by Crippen LogP contribution is 2.34. The van der Waals surface area contributed by atoms with E-state index in [1.54, 1.807) is 14.1 Å². The fourth-order valence-electron chi connectivity index (χ4n) is 4.65. The summed E-state index contributed by atoms with van der Waals surface area (Å²) in [6, 6.07) is -0.436. The first-order chi connectivity index (χ1) is 15.2. The summed E-state index contributed by atoms with van der Waals surface area (Å²) >= 11 is 12.5. The molecule has 2 aliphatic carbocycles. The second kappa shape index (κ2) is 13.1. The summed E-state index contributed by atoms with van der Waals surface area (Å²) in [5.41, 5.74) is 0. The molecule has 9 nitrogen and oxygen atoms in total. The van der Waals surface area contributed by atoms with Crippen LogP contribution in [0.4, 0.5) is 0 Å². The third kappa shape index (κ3) is 8.65. The Kier molecular flexibility index (Phi) is 10.8. The van der Waals surface area contributed by atoms with Crippen LogP contribution in [0, 0.1) is 11.8 Å². The zero-order valence-electron chi connectivity index (χ0n) is 18.7. The Hall–Kier alpha value is -1.74. The number of carboxylic acid groups (broad SMARTS) is 1. The summed E-state index contributed by atoms with van der Waals surface area (Å²) in [4.78, 5) is 40.5. The molecule has 2 aliphatic rings. The molecule has 0 aliphatic heterocycles. The largest absolute Gasteiger partial charge is 0.481 e. The molecule has 11 heteroatoms. The van der Waals surface area contributed by atoms with Crippen molar-refractivity contribution in [1.29, 1.82) is 0 Å². The summed E-state index contributed by atoms with van der Waals surface area (Å²) in [6.45, 7) is -0.191. The molecule has 5 atom stereocenters. The molecule has 0 aromatic rings. The second-order valence-electron chi connectivity index (χ2n) is 8.68. The van der Waals surface area contributed by atoms with Gasteiger partial charge < -0.3 is 26.4 Å².